The lowest BCUT2D eigenvalue weighted by atomic mass is 10.4. The second kappa shape index (κ2) is 4.75. The minimum atomic E-state index is -0.530. The fourth-order valence-electron chi connectivity index (χ4n) is 1.11. The van der Waals surface area contributed by atoms with Gasteiger partial charge in [0.1, 0.15) is 11.9 Å². The normalized spacial score (nSPS) is 9.94. The van der Waals surface area contributed by atoms with Crippen LogP contribution >= 0.6 is 11.6 Å². The highest BCUT2D eigenvalue weighted by Crippen LogP contribution is 2.22. The van der Waals surface area contributed by atoms with Gasteiger partial charge in [0.15, 0.2) is 0 Å². The first-order chi connectivity index (χ1) is 8.15. The zero-order valence-electron chi connectivity index (χ0n) is 8.41. The van der Waals surface area contributed by atoms with Crippen molar-refractivity contribution in [2.45, 2.75) is 0 Å². The van der Waals surface area contributed by atoms with Crippen LogP contribution in [0, 0.1) is 10.1 Å². The summed E-state index contributed by atoms with van der Waals surface area (Å²) in [6.07, 6.45) is 4.06. The van der Waals surface area contributed by atoms with Crippen molar-refractivity contribution in [3.05, 3.63) is 51.9 Å². The van der Waals surface area contributed by atoms with Crippen LogP contribution in [0.5, 0.6) is 11.6 Å². The molecule has 0 aromatic carbocycles. The molecule has 0 aliphatic heterocycles. The van der Waals surface area contributed by atoms with E-state index in [2.05, 4.69) is 9.97 Å². The van der Waals surface area contributed by atoms with Crippen molar-refractivity contribution in [3.8, 4) is 11.6 Å². The van der Waals surface area contributed by atoms with Crippen LogP contribution in [0.2, 0.25) is 5.02 Å². The molecule has 0 N–H and O–H groups in total. The Labute approximate surface area is 101 Å². The maximum absolute atomic E-state index is 10.4. The van der Waals surface area contributed by atoms with Crippen molar-refractivity contribution in [1.82, 2.24) is 9.97 Å². The van der Waals surface area contributed by atoms with Crippen molar-refractivity contribution in [2.24, 2.45) is 0 Å². The lowest BCUT2D eigenvalue weighted by Crippen LogP contribution is -1.91. The lowest BCUT2D eigenvalue weighted by Gasteiger charge is -2.03. The van der Waals surface area contributed by atoms with Gasteiger partial charge >= 0.3 is 0 Å². The topological polar surface area (TPSA) is 78.2 Å². The van der Waals surface area contributed by atoms with E-state index < -0.39 is 4.92 Å². The van der Waals surface area contributed by atoms with E-state index in [0.29, 0.717) is 10.8 Å². The summed E-state index contributed by atoms with van der Waals surface area (Å²) in [4.78, 5) is 17.5. The number of pyridine rings is 2. The van der Waals surface area contributed by atoms with Gasteiger partial charge in [0.25, 0.3) is 5.69 Å². The Balaban J connectivity index is 2.16. The van der Waals surface area contributed by atoms with Crippen LogP contribution in [0.15, 0.2) is 36.8 Å². The Morgan fingerprint density at radius 3 is 2.71 bits per heavy atom. The average molecular weight is 252 g/mol. The van der Waals surface area contributed by atoms with E-state index in [1.54, 1.807) is 6.07 Å². The summed E-state index contributed by atoms with van der Waals surface area (Å²) >= 11 is 5.73. The first kappa shape index (κ1) is 11.3. The summed E-state index contributed by atoms with van der Waals surface area (Å²) in [5, 5.41) is 10.8. The number of aromatic nitrogens is 2. The third-order valence-electron chi connectivity index (χ3n) is 1.83. The molecule has 2 aromatic heterocycles. The van der Waals surface area contributed by atoms with E-state index in [4.69, 9.17) is 16.3 Å². The van der Waals surface area contributed by atoms with Crippen molar-refractivity contribution >= 4 is 17.3 Å². The summed E-state index contributed by atoms with van der Waals surface area (Å²) in [6, 6.07) is 4.27. The number of hydrogen-bond acceptors (Lipinski definition) is 5. The molecule has 0 saturated heterocycles. The summed E-state index contributed by atoms with van der Waals surface area (Å²) in [6.45, 7) is 0. The fourth-order valence-corrected chi connectivity index (χ4v) is 1.27. The Kier molecular flexibility index (Phi) is 3.15. The van der Waals surface area contributed by atoms with Crippen LogP contribution < -0.4 is 4.74 Å². The minimum absolute atomic E-state index is 0.0958. The van der Waals surface area contributed by atoms with Gasteiger partial charge in [-0.15, -0.1) is 0 Å². The summed E-state index contributed by atoms with van der Waals surface area (Å²) in [5.41, 5.74) is -0.0958. The predicted octanol–water partition coefficient (Wildman–Crippen LogP) is 2.83. The van der Waals surface area contributed by atoms with E-state index in [1.165, 1.54) is 24.5 Å². The van der Waals surface area contributed by atoms with Gasteiger partial charge in [-0.25, -0.2) is 4.98 Å². The number of halogens is 1. The molecule has 2 heterocycles. The molecule has 0 radical (unpaired) electrons. The number of ether oxygens (including phenoxy) is 1. The standard InChI is InChI=1S/C10H6ClN3O3/c11-7-3-9(6-12-4-7)17-10-2-1-8(5-13-10)14(15)16/h1-6H. The second-order valence-electron chi connectivity index (χ2n) is 3.05. The third kappa shape index (κ3) is 2.88. The van der Waals surface area contributed by atoms with Crippen LogP contribution in [-0.4, -0.2) is 14.9 Å². The van der Waals surface area contributed by atoms with Crippen LogP contribution in [0.4, 0.5) is 5.69 Å². The molecule has 6 nitrogen and oxygen atoms in total. The zero-order chi connectivity index (χ0) is 12.3. The van der Waals surface area contributed by atoms with Gasteiger partial charge in [-0.3, -0.25) is 15.1 Å². The quantitative estimate of drug-likeness (QED) is 0.619. The molecular formula is C10H6ClN3O3. The minimum Gasteiger partial charge on any atom is -0.437 e. The van der Waals surface area contributed by atoms with Crippen LogP contribution in [0.25, 0.3) is 0 Å². The number of nitro groups is 1. The van der Waals surface area contributed by atoms with Crippen molar-refractivity contribution in [2.75, 3.05) is 0 Å². The van der Waals surface area contributed by atoms with Gasteiger partial charge in [0.05, 0.1) is 16.1 Å². The monoisotopic (exact) mass is 251 g/mol. The SMILES string of the molecule is O=[N+]([O-])c1ccc(Oc2cncc(Cl)c2)nc1. The fraction of sp³-hybridized carbons (Fsp3) is 0. The smallest absolute Gasteiger partial charge is 0.287 e. The number of nitrogens with zero attached hydrogens (tertiary/aromatic N) is 3. The van der Waals surface area contributed by atoms with E-state index in [9.17, 15) is 10.1 Å². The molecule has 17 heavy (non-hydrogen) atoms. The van der Waals surface area contributed by atoms with Crippen LogP contribution in [0.1, 0.15) is 0 Å². The summed E-state index contributed by atoms with van der Waals surface area (Å²) < 4.78 is 5.31. The van der Waals surface area contributed by atoms with E-state index in [-0.39, 0.29) is 11.6 Å². The van der Waals surface area contributed by atoms with E-state index >= 15 is 0 Å². The Morgan fingerprint density at radius 1 is 1.29 bits per heavy atom. The molecular weight excluding hydrogens is 246 g/mol. The van der Waals surface area contributed by atoms with Gasteiger partial charge in [0, 0.05) is 24.4 Å². The van der Waals surface area contributed by atoms with E-state index in [0.717, 1.165) is 6.20 Å². The molecule has 0 saturated carbocycles. The molecule has 7 heteroatoms. The second-order valence-corrected chi connectivity index (χ2v) is 3.49. The highest BCUT2D eigenvalue weighted by atomic mass is 35.5. The Morgan fingerprint density at radius 2 is 2.12 bits per heavy atom. The molecule has 0 aliphatic rings. The Bertz CT molecular complexity index is 545. The Hall–Kier alpha value is -2.21. The van der Waals surface area contributed by atoms with Gasteiger partial charge in [-0.05, 0) is 0 Å². The van der Waals surface area contributed by atoms with Crippen molar-refractivity contribution in [1.29, 1.82) is 0 Å². The van der Waals surface area contributed by atoms with Crippen molar-refractivity contribution < 1.29 is 9.66 Å². The van der Waals surface area contributed by atoms with Gasteiger partial charge in [-0.1, -0.05) is 11.6 Å². The van der Waals surface area contributed by atoms with Crippen LogP contribution in [0.3, 0.4) is 0 Å². The highest BCUT2D eigenvalue weighted by molar-refractivity contribution is 6.30. The molecule has 2 rings (SSSR count). The van der Waals surface area contributed by atoms with Gasteiger partial charge in [0.2, 0.25) is 5.88 Å². The molecule has 0 fully saturated rings. The average Bonchev–Trinajstić information content (AvgIpc) is 2.29. The molecule has 2 aromatic rings. The maximum Gasteiger partial charge on any atom is 0.287 e. The van der Waals surface area contributed by atoms with Crippen LogP contribution in [-0.2, 0) is 0 Å². The molecule has 0 atom stereocenters. The van der Waals surface area contributed by atoms with E-state index in [1.807, 2.05) is 0 Å². The highest BCUT2D eigenvalue weighted by Gasteiger charge is 2.06. The zero-order valence-corrected chi connectivity index (χ0v) is 9.16. The van der Waals surface area contributed by atoms with Gasteiger partial charge in [-0.2, -0.15) is 0 Å². The third-order valence-corrected chi connectivity index (χ3v) is 2.04. The first-order valence-corrected chi connectivity index (χ1v) is 4.92. The predicted molar refractivity (Wildman–Crippen MR) is 60.2 cm³/mol. The largest absolute Gasteiger partial charge is 0.437 e. The molecule has 0 amide bonds. The summed E-state index contributed by atoms with van der Waals surface area (Å²) in [5.74, 6) is 0.651. The van der Waals surface area contributed by atoms with Crippen molar-refractivity contribution in [3.63, 3.8) is 0 Å². The molecule has 86 valence electrons. The number of rotatable bonds is 3. The molecule has 0 aliphatic carbocycles. The maximum atomic E-state index is 10.4. The summed E-state index contributed by atoms with van der Waals surface area (Å²) in [7, 11) is 0. The molecule has 0 unspecified atom stereocenters. The molecule has 0 spiro atoms. The first-order valence-electron chi connectivity index (χ1n) is 4.54. The lowest BCUT2D eigenvalue weighted by molar-refractivity contribution is -0.385. The number of hydrogen-bond donors (Lipinski definition) is 0. The van der Waals surface area contributed by atoms with Gasteiger partial charge < -0.3 is 4.74 Å². The molecule has 0 bridgehead atoms.